The molecule has 2 rings (SSSR count). The first-order chi connectivity index (χ1) is 7.25. The first-order valence-electron chi connectivity index (χ1n) is 4.64. The zero-order valence-electron chi connectivity index (χ0n) is 8.06. The maximum Gasteiger partial charge on any atom is 0.305 e. The predicted molar refractivity (Wildman–Crippen MR) is 57.8 cm³/mol. The van der Waals surface area contributed by atoms with Crippen LogP contribution in [0, 0.1) is 0 Å². The van der Waals surface area contributed by atoms with Gasteiger partial charge in [0.1, 0.15) is 0 Å². The smallest absolute Gasteiger partial charge is 0.305 e. The van der Waals surface area contributed by atoms with E-state index in [2.05, 4.69) is 15.3 Å². The molecule has 0 fully saturated rings. The molecule has 1 aromatic rings. The van der Waals surface area contributed by atoms with Crippen molar-refractivity contribution in [3.05, 3.63) is 17.5 Å². The summed E-state index contributed by atoms with van der Waals surface area (Å²) in [7, 11) is 0. The summed E-state index contributed by atoms with van der Waals surface area (Å²) in [5.41, 5.74) is 2.25. The number of carboxylic acids is 1. The van der Waals surface area contributed by atoms with Gasteiger partial charge in [0.25, 0.3) is 0 Å². The van der Waals surface area contributed by atoms with Gasteiger partial charge in [-0.25, -0.2) is 9.97 Å². The molecule has 0 bridgehead atoms. The molecule has 5 nitrogen and oxygen atoms in total. The fourth-order valence-electron chi connectivity index (χ4n) is 1.31. The Balaban J connectivity index is 1.95. The molecule has 0 unspecified atom stereocenters. The minimum Gasteiger partial charge on any atom is -0.481 e. The highest BCUT2D eigenvalue weighted by Gasteiger charge is 2.13. The summed E-state index contributed by atoms with van der Waals surface area (Å²) in [5, 5.41) is 11.4. The van der Waals surface area contributed by atoms with Crippen molar-refractivity contribution < 1.29 is 9.90 Å². The molecule has 2 N–H and O–H groups in total. The molecular formula is C9H11N3O2S. The molecule has 80 valence electrons. The molecule has 0 spiro atoms. The minimum absolute atomic E-state index is 0.0786. The fourth-order valence-corrected chi connectivity index (χ4v) is 2.32. The predicted octanol–water partition coefficient (Wildman–Crippen LogP) is 1.11. The molecule has 1 aliphatic heterocycles. The van der Waals surface area contributed by atoms with E-state index in [1.54, 1.807) is 0 Å². The number of aromatic nitrogens is 2. The van der Waals surface area contributed by atoms with Crippen molar-refractivity contribution in [2.24, 2.45) is 0 Å². The Kier molecular flexibility index (Phi) is 3.05. The average Bonchev–Trinajstić information content (AvgIpc) is 2.64. The summed E-state index contributed by atoms with van der Waals surface area (Å²) in [5.74, 6) is 1.60. The number of hydrogen-bond acceptors (Lipinski definition) is 5. The van der Waals surface area contributed by atoms with Crippen LogP contribution in [-0.4, -0.2) is 27.6 Å². The molecule has 15 heavy (non-hydrogen) atoms. The van der Waals surface area contributed by atoms with Gasteiger partial charge >= 0.3 is 5.97 Å². The van der Waals surface area contributed by atoms with Crippen LogP contribution in [0.15, 0.2) is 6.20 Å². The number of nitrogens with zero attached hydrogens (tertiary/aromatic N) is 2. The zero-order chi connectivity index (χ0) is 10.7. The van der Waals surface area contributed by atoms with Crippen LogP contribution in [0.1, 0.15) is 17.7 Å². The van der Waals surface area contributed by atoms with Crippen molar-refractivity contribution in [3.8, 4) is 0 Å². The number of carboxylic acid groups (broad SMARTS) is 1. The number of carbonyl (C=O) groups is 1. The Hall–Kier alpha value is -1.30. The van der Waals surface area contributed by atoms with Crippen LogP contribution in [0.3, 0.4) is 0 Å². The van der Waals surface area contributed by atoms with Crippen LogP contribution in [0.2, 0.25) is 0 Å². The Morgan fingerprint density at radius 3 is 3.27 bits per heavy atom. The largest absolute Gasteiger partial charge is 0.481 e. The van der Waals surface area contributed by atoms with Gasteiger partial charge in [-0.1, -0.05) is 0 Å². The third kappa shape index (κ3) is 2.59. The maximum atomic E-state index is 10.3. The van der Waals surface area contributed by atoms with E-state index in [0.717, 1.165) is 17.2 Å². The highest BCUT2D eigenvalue weighted by atomic mass is 32.2. The van der Waals surface area contributed by atoms with Gasteiger partial charge in [0.05, 0.1) is 12.1 Å². The number of hydrogen-bond donors (Lipinski definition) is 2. The van der Waals surface area contributed by atoms with Gasteiger partial charge in [0, 0.05) is 29.8 Å². The van der Waals surface area contributed by atoms with E-state index < -0.39 is 5.97 Å². The minimum atomic E-state index is -0.820. The molecular weight excluding hydrogens is 214 g/mol. The Morgan fingerprint density at radius 1 is 1.60 bits per heavy atom. The second kappa shape index (κ2) is 4.48. The number of anilines is 1. The molecule has 1 aromatic heterocycles. The summed E-state index contributed by atoms with van der Waals surface area (Å²) in [6.07, 6.45) is 1.89. The van der Waals surface area contributed by atoms with Gasteiger partial charge in [0.2, 0.25) is 5.95 Å². The highest BCUT2D eigenvalue weighted by molar-refractivity contribution is 7.98. The van der Waals surface area contributed by atoms with Crippen molar-refractivity contribution in [2.45, 2.75) is 17.9 Å². The van der Waals surface area contributed by atoms with Crippen LogP contribution < -0.4 is 5.32 Å². The van der Waals surface area contributed by atoms with Crippen LogP contribution in [0.25, 0.3) is 0 Å². The summed E-state index contributed by atoms with van der Waals surface area (Å²) >= 11 is 1.82. The van der Waals surface area contributed by atoms with E-state index in [9.17, 15) is 4.79 Å². The number of nitrogens with one attached hydrogen (secondary N) is 1. The second-order valence-corrected chi connectivity index (χ2v) is 4.21. The lowest BCUT2D eigenvalue weighted by Crippen LogP contribution is -2.10. The molecule has 2 heterocycles. The molecule has 0 saturated heterocycles. The molecule has 0 saturated carbocycles. The molecule has 1 aliphatic rings. The van der Waals surface area contributed by atoms with Crippen LogP contribution in [-0.2, 0) is 16.3 Å². The zero-order valence-corrected chi connectivity index (χ0v) is 8.88. The summed E-state index contributed by atoms with van der Waals surface area (Å²) in [4.78, 5) is 18.7. The van der Waals surface area contributed by atoms with Gasteiger partial charge in [0.15, 0.2) is 0 Å². The van der Waals surface area contributed by atoms with Crippen molar-refractivity contribution in [2.75, 3.05) is 11.9 Å². The Bertz CT molecular complexity index is 384. The van der Waals surface area contributed by atoms with Crippen molar-refractivity contribution in [1.29, 1.82) is 0 Å². The standard InChI is InChI=1S/C9H11N3O2S/c13-8(14)1-2-10-9-11-3-6-4-15-5-7(6)12-9/h3H,1-2,4-5H2,(H,13,14)(H,10,11,12). The third-order valence-corrected chi connectivity index (χ3v) is 3.07. The van der Waals surface area contributed by atoms with Gasteiger partial charge in [-0.15, -0.1) is 0 Å². The fraction of sp³-hybridized carbons (Fsp3) is 0.444. The van der Waals surface area contributed by atoms with E-state index in [-0.39, 0.29) is 6.42 Å². The van der Waals surface area contributed by atoms with E-state index in [0.29, 0.717) is 12.5 Å². The normalized spacial score (nSPS) is 13.6. The van der Waals surface area contributed by atoms with Crippen molar-refractivity contribution >= 4 is 23.7 Å². The number of aliphatic carboxylic acids is 1. The van der Waals surface area contributed by atoms with E-state index in [4.69, 9.17) is 5.11 Å². The molecule has 0 amide bonds. The van der Waals surface area contributed by atoms with E-state index in [1.807, 2.05) is 18.0 Å². The summed E-state index contributed by atoms with van der Waals surface area (Å²) in [6, 6.07) is 0. The first-order valence-corrected chi connectivity index (χ1v) is 5.79. The lowest BCUT2D eigenvalue weighted by atomic mass is 10.3. The van der Waals surface area contributed by atoms with Gasteiger partial charge in [-0.2, -0.15) is 11.8 Å². The molecule has 0 aromatic carbocycles. The third-order valence-electron chi connectivity index (χ3n) is 2.07. The SMILES string of the molecule is O=C(O)CCNc1ncc2c(n1)CSC2. The lowest BCUT2D eigenvalue weighted by molar-refractivity contribution is -0.136. The van der Waals surface area contributed by atoms with Crippen LogP contribution >= 0.6 is 11.8 Å². The monoisotopic (exact) mass is 225 g/mol. The molecule has 6 heteroatoms. The van der Waals surface area contributed by atoms with Gasteiger partial charge in [-0.05, 0) is 0 Å². The molecule has 0 aliphatic carbocycles. The highest BCUT2D eigenvalue weighted by Crippen LogP contribution is 2.27. The average molecular weight is 225 g/mol. The lowest BCUT2D eigenvalue weighted by Gasteiger charge is -2.04. The number of rotatable bonds is 4. The first kappa shape index (κ1) is 10.2. The Labute approximate surface area is 91.3 Å². The quantitative estimate of drug-likeness (QED) is 0.799. The van der Waals surface area contributed by atoms with E-state index >= 15 is 0 Å². The molecule has 0 radical (unpaired) electrons. The van der Waals surface area contributed by atoms with Crippen molar-refractivity contribution in [1.82, 2.24) is 9.97 Å². The van der Waals surface area contributed by atoms with Crippen LogP contribution in [0.5, 0.6) is 0 Å². The second-order valence-electron chi connectivity index (χ2n) is 3.23. The summed E-state index contributed by atoms with van der Waals surface area (Å²) in [6.45, 7) is 0.362. The van der Waals surface area contributed by atoms with Crippen LogP contribution in [0.4, 0.5) is 5.95 Å². The number of fused-ring (bicyclic) bond motifs is 1. The van der Waals surface area contributed by atoms with Gasteiger partial charge in [-0.3, -0.25) is 4.79 Å². The Morgan fingerprint density at radius 2 is 2.47 bits per heavy atom. The van der Waals surface area contributed by atoms with Gasteiger partial charge < -0.3 is 10.4 Å². The topological polar surface area (TPSA) is 75.1 Å². The molecule has 0 atom stereocenters. The number of thioether (sulfide) groups is 1. The summed E-state index contributed by atoms with van der Waals surface area (Å²) < 4.78 is 0. The van der Waals surface area contributed by atoms with E-state index in [1.165, 1.54) is 5.56 Å². The van der Waals surface area contributed by atoms with Crippen molar-refractivity contribution in [3.63, 3.8) is 0 Å². The maximum absolute atomic E-state index is 10.3.